The van der Waals surface area contributed by atoms with Gasteiger partial charge in [0.05, 0.1) is 24.0 Å². The molecule has 2 aromatic rings. The molecule has 22 heavy (non-hydrogen) atoms. The van der Waals surface area contributed by atoms with Crippen molar-refractivity contribution >= 4 is 5.91 Å². The molecule has 0 bridgehead atoms. The van der Waals surface area contributed by atoms with E-state index in [-0.39, 0.29) is 29.8 Å². The van der Waals surface area contributed by atoms with Crippen molar-refractivity contribution in [1.82, 2.24) is 5.32 Å². The van der Waals surface area contributed by atoms with Crippen LogP contribution in [0.1, 0.15) is 40.6 Å². The van der Waals surface area contributed by atoms with E-state index in [2.05, 4.69) is 5.32 Å². The van der Waals surface area contributed by atoms with E-state index in [1.807, 2.05) is 0 Å². The molecule has 1 saturated carbocycles. The number of aliphatic hydroxyl groups excluding tert-OH is 1. The van der Waals surface area contributed by atoms with Crippen molar-refractivity contribution in [2.75, 3.05) is 0 Å². The zero-order valence-electron chi connectivity index (χ0n) is 12.3. The Morgan fingerprint density at radius 3 is 2.55 bits per heavy atom. The fourth-order valence-corrected chi connectivity index (χ4v) is 2.89. The van der Waals surface area contributed by atoms with Crippen LogP contribution in [-0.2, 0) is 0 Å². The number of amides is 1. The van der Waals surface area contributed by atoms with Gasteiger partial charge in [-0.05, 0) is 49.4 Å². The maximum Gasteiger partial charge on any atom is 0.255 e. The minimum absolute atomic E-state index is 0.150. The first-order chi connectivity index (χ1) is 10.5. The van der Waals surface area contributed by atoms with Gasteiger partial charge in [0.2, 0.25) is 0 Å². The van der Waals surface area contributed by atoms with Crippen LogP contribution in [0.4, 0.5) is 4.39 Å². The molecular formula is C17H18FNO3. The fraction of sp³-hybridized carbons (Fsp3) is 0.353. The molecule has 1 fully saturated rings. The van der Waals surface area contributed by atoms with Crippen LogP contribution in [0.3, 0.4) is 0 Å². The van der Waals surface area contributed by atoms with Gasteiger partial charge in [0.15, 0.2) is 0 Å². The molecule has 0 radical (unpaired) electrons. The smallest absolute Gasteiger partial charge is 0.255 e. The topological polar surface area (TPSA) is 62.5 Å². The van der Waals surface area contributed by atoms with Crippen LogP contribution in [-0.4, -0.2) is 17.1 Å². The third-order valence-electron chi connectivity index (χ3n) is 4.24. The molecular weight excluding hydrogens is 285 g/mol. The molecule has 0 unspecified atom stereocenters. The van der Waals surface area contributed by atoms with E-state index in [0.717, 1.165) is 5.56 Å². The van der Waals surface area contributed by atoms with Crippen molar-refractivity contribution in [2.24, 2.45) is 5.92 Å². The number of hydrogen-bond donors (Lipinski definition) is 2. The summed E-state index contributed by atoms with van der Waals surface area (Å²) in [6.45, 7) is 1.73. The van der Waals surface area contributed by atoms with Crippen LogP contribution in [0, 0.1) is 18.7 Å². The van der Waals surface area contributed by atoms with Crippen LogP contribution in [0.2, 0.25) is 0 Å². The summed E-state index contributed by atoms with van der Waals surface area (Å²) >= 11 is 0. The molecule has 0 spiro atoms. The van der Waals surface area contributed by atoms with E-state index in [1.54, 1.807) is 25.1 Å². The Morgan fingerprint density at radius 2 is 2.00 bits per heavy atom. The first-order valence-electron chi connectivity index (χ1n) is 7.33. The number of rotatable bonds is 4. The van der Waals surface area contributed by atoms with Gasteiger partial charge in [-0.15, -0.1) is 0 Å². The van der Waals surface area contributed by atoms with Crippen molar-refractivity contribution < 1.29 is 18.7 Å². The average molecular weight is 303 g/mol. The number of nitrogens with one attached hydrogen (secondary N) is 1. The third-order valence-corrected chi connectivity index (χ3v) is 4.24. The molecule has 0 saturated heterocycles. The summed E-state index contributed by atoms with van der Waals surface area (Å²) < 4.78 is 18.3. The SMILES string of the molecule is Cc1occc1C(=O)N[C@H](c1ccc(F)cc1)C1CC(O)C1. The second kappa shape index (κ2) is 5.93. The van der Waals surface area contributed by atoms with Gasteiger partial charge in [0, 0.05) is 0 Å². The normalized spacial score (nSPS) is 22.0. The Morgan fingerprint density at radius 1 is 1.32 bits per heavy atom. The van der Waals surface area contributed by atoms with Gasteiger partial charge >= 0.3 is 0 Å². The number of hydrogen-bond acceptors (Lipinski definition) is 3. The van der Waals surface area contributed by atoms with Crippen molar-refractivity contribution in [1.29, 1.82) is 0 Å². The Kier molecular flexibility index (Phi) is 3.98. The van der Waals surface area contributed by atoms with Crippen LogP contribution in [0.25, 0.3) is 0 Å². The van der Waals surface area contributed by atoms with E-state index < -0.39 is 0 Å². The first kappa shape index (κ1) is 14.8. The highest BCUT2D eigenvalue weighted by molar-refractivity contribution is 5.95. The Bertz CT molecular complexity index is 659. The summed E-state index contributed by atoms with van der Waals surface area (Å²) in [5.74, 6) is 0.177. The zero-order valence-corrected chi connectivity index (χ0v) is 12.3. The molecule has 0 aliphatic heterocycles. The van der Waals surface area contributed by atoms with Crippen LogP contribution < -0.4 is 5.32 Å². The lowest BCUT2D eigenvalue weighted by molar-refractivity contribution is 0.0235. The van der Waals surface area contributed by atoms with Gasteiger partial charge < -0.3 is 14.8 Å². The number of halogens is 1. The van der Waals surface area contributed by atoms with Gasteiger partial charge in [0.25, 0.3) is 5.91 Å². The molecule has 1 aromatic carbocycles. The predicted molar refractivity (Wildman–Crippen MR) is 78.8 cm³/mol. The van der Waals surface area contributed by atoms with Gasteiger partial charge in [-0.25, -0.2) is 4.39 Å². The Balaban J connectivity index is 1.81. The second-order valence-corrected chi connectivity index (χ2v) is 5.78. The lowest BCUT2D eigenvalue weighted by Gasteiger charge is -2.38. The molecule has 1 heterocycles. The minimum atomic E-state index is -0.319. The highest BCUT2D eigenvalue weighted by Crippen LogP contribution is 2.38. The summed E-state index contributed by atoms with van der Waals surface area (Å²) in [6, 6.07) is 7.49. The molecule has 4 nitrogen and oxygen atoms in total. The molecule has 1 aliphatic carbocycles. The number of carbonyl (C=O) groups is 1. The van der Waals surface area contributed by atoms with E-state index in [0.29, 0.717) is 24.2 Å². The molecule has 1 atom stereocenters. The molecule has 1 aromatic heterocycles. The van der Waals surface area contributed by atoms with Crippen LogP contribution in [0.15, 0.2) is 41.0 Å². The minimum Gasteiger partial charge on any atom is -0.469 e. The fourth-order valence-electron chi connectivity index (χ4n) is 2.89. The van der Waals surface area contributed by atoms with E-state index >= 15 is 0 Å². The number of benzene rings is 1. The second-order valence-electron chi connectivity index (χ2n) is 5.78. The Hall–Kier alpha value is -2.14. The molecule has 116 valence electrons. The van der Waals surface area contributed by atoms with Crippen LogP contribution in [0.5, 0.6) is 0 Å². The summed E-state index contributed by atoms with van der Waals surface area (Å²) in [6.07, 6.45) is 2.42. The summed E-state index contributed by atoms with van der Waals surface area (Å²) in [5.41, 5.74) is 1.33. The highest BCUT2D eigenvalue weighted by Gasteiger charge is 2.36. The van der Waals surface area contributed by atoms with Gasteiger partial charge in [-0.1, -0.05) is 12.1 Å². The molecule has 2 N–H and O–H groups in total. The van der Waals surface area contributed by atoms with Crippen LogP contribution >= 0.6 is 0 Å². The van der Waals surface area contributed by atoms with Crippen molar-refractivity contribution in [2.45, 2.75) is 31.9 Å². The average Bonchev–Trinajstić information content (AvgIpc) is 2.89. The van der Waals surface area contributed by atoms with Gasteiger partial charge in [0.1, 0.15) is 11.6 Å². The number of aryl methyl sites for hydroxylation is 1. The van der Waals surface area contributed by atoms with E-state index in [9.17, 15) is 14.3 Å². The number of aliphatic hydroxyl groups is 1. The van der Waals surface area contributed by atoms with E-state index in [1.165, 1.54) is 18.4 Å². The third kappa shape index (κ3) is 2.90. The largest absolute Gasteiger partial charge is 0.469 e. The molecule has 1 aliphatic rings. The summed E-state index contributed by atoms with van der Waals surface area (Å²) in [5, 5.41) is 12.5. The zero-order chi connectivity index (χ0) is 15.7. The molecule has 3 rings (SSSR count). The van der Waals surface area contributed by atoms with Crippen molar-refractivity contribution in [3.8, 4) is 0 Å². The number of carbonyl (C=O) groups excluding carboxylic acids is 1. The predicted octanol–water partition coefficient (Wildman–Crippen LogP) is 2.97. The maximum absolute atomic E-state index is 13.1. The quantitative estimate of drug-likeness (QED) is 0.913. The van der Waals surface area contributed by atoms with E-state index in [4.69, 9.17) is 4.42 Å². The lowest BCUT2D eigenvalue weighted by atomic mass is 9.75. The van der Waals surface area contributed by atoms with Gasteiger partial charge in [-0.2, -0.15) is 0 Å². The lowest BCUT2D eigenvalue weighted by Crippen LogP contribution is -2.41. The number of furan rings is 1. The van der Waals surface area contributed by atoms with Crippen molar-refractivity contribution in [3.63, 3.8) is 0 Å². The maximum atomic E-state index is 13.1. The summed E-state index contributed by atoms with van der Waals surface area (Å²) in [4.78, 5) is 12.4. The van der Waals surface area contributed by atoms with Crippen molar-refractivity contribution in [3.05, 3.63) is 59.3 Å². The standard InChI is InChI=1S/C17H18FNO3/c1-10-15(6-7-22-10)17(21)19-16(12-8-14(20)9-12)11-2-4-13(18)5-3-11/h2-7,12,14,16,20H,8-9H2,1H3,(H,19,21)/t12?,14?,16-/m1/s1. The molecule has 1 amide bonds. The summed E-state index contributed by atoms with van der Waals surface area (Å²) in [7, 11) is 0. The monoisotopic (exact) mass is 303 g/mol. The molecule has 5 heteroatoms. The van der Waals surface area contributed by atoms with Gasteiger partial charge in [-0.3, -0.25) is 4.79 Å². The Labute approximate surface area is 128 Å². The highest BCUT2D eigenvalue weighted by atomic mass is 19.1. The first-order valence-corrected chi connectivity index (χ1v) is 7.33.